The number of hydrogen-bond donors (Lipinski definition) is 2. The molecule has 0 fully saturated rings. The Kier molecular flexibility index (Phi) is 6.69. The zero-order chi connectivity index (χ0) is 21.8. The number of anilines is 1. The van der Waals surface area contributed by atoms with Crippen LogP contribution >= 0.6 is 23.6 Å². The molecule has 3 rings (SSSR count). The molecule has 0 atom stereocenters. The van der Waals surface area contributed by atoms with Gasteiger partial charge in [0.05, 0.1) is 19.9 Å². The van der Waals surface area contributed by atoms with Crippen molar-refractivity contribution in [1.29, 1.82) is 0 Å². The third-order valence-corrected chi connectivity index (χ3v) is 5.60. The minimum atomic E-state index is -0.368. The Hall–Kier alpha value is -2.97. The van der Waals surface area contributed by atoms with Gasteiger partial charge >= 0.3 is 0 Å². The maximum atomic E-state index is 12.6. The van der Waals surface area contributed by atoms with Gasteiger partial charge in [0, 0.05) is 22.1 Å². The molecular weight excluding hydrogens is 418 g/mol. The molecule has 30 heavy (non-hydrogen) atoms. The van der Waals surface area contributed by atoms with Gasteiger partial charge in [0.1, 0.15) is 11.5 Å². The van der Waals surface area contributed by atoms with E-state index in [2.05, 4.69) is 47.7 Å². The van der Waals surface area contributed by atoms with Crippen LogP contribution < -0.4 is 20.1 Å². The summed E-state index contributed by atoms with van der Waals surface area (Å²) in [5, 5.41) is 6.47. The number of rotatable bonds is 5. The molecule has 0 aliphatic rings. The maximum absolute atomic E-state index is 12.6. The number of ether oxygens (including phenoxy) is 2. The van der Waals surface area contributed by atoms with Gasteiger partial charge in [-0.05, 0) is 56.8 Å². The Morgan fingerprint density at radius 2 is 1.70 bits per heavy atom. The number of hydrogen-bond acceptors (Lipinski definition) is 6. The van der Waals surface area contributed by atoms with Crippen molar-refractivity contribution in [1.82, 2.24) is 10.3 Å². The summed E-state index contributed by atoms with van der Waals surface area (Å²) < 4.78 is 10.4. The first-order valence-electron chi connectivity index (χ1n) is 9.21. The van der Waals surface area contributed by atoms with Crippen LogP contribution in [0.4, 0.5) is 5.13 Å². The zero-order valence-electron chi connectivity index (χ0n) is 17.5. The lowest BCUT2D eigenvalue weighted by Gasteiger charge is -2.10. The average molecular weight is 442 g/mol. The fourth-order valence-corrected chi connectivity index (χ4v) is 4.02. The Morgan fingerprint density at radius 3 is 2.33 bits per heavy atom. The van der Waals surface area contributed by atoms with Crippen LogP contribution in [0.1, 0.15) is 26.4 Å². The summed E-state index contributed by atoms with van der Waals surface area (Å²) in [5.41, 5.74) is 4.71. The molecule has 3 aromatic rings. The predicted octanol–water partition coefficient (Wildman–Crippen LogP) is 4.88. The van der Waals surface area contributed by atoms with Gasteiger partial charge < -0.3 is 14.8 Å². The maximum Gasteiger partial charge on any atom is 0.257 e. The second-order valence-corrected chi connectivity index (χ2v) is 8.36. The van der Waals surface area contributed by atoms with E-state index in [1.807, 2.05) is 6.92 Å². The molecule has 0 saturated heterocycles. The van der Waals surface area contributed by atoms with E-state index in [0.717, 1.165) is 21.7 Å². The molecule has 8 heteroatoms. The highest BCUT2D eigenvalue weighted by atomic mass is 32.1. The summed E-state index contributed by atoms with van der Waals surface area (Å²) in [6.07, 6.45) is 0. The summed E-state index contributed by atoms with van der Waals surface area (Å²) >= 11 is 6.80. The number of nitrogens with zero attached hydrogens (tertiary/aromatic N) is 1. The van der Waals surface area contributed by atoms with Gasteiger partial charge in [-0.25, -0.2) is 4.98 Å². The van der Waals surface area contributed by atoms with E-state index in [9.17, 15) is 4.79 Å². The summed E-state index contributed by atoms with van der Waals surface area (Å²) in [7, 11) is 3.06. The second kappa shape index (κ2) is 9.23. The molecule has 156 valence electrons. The van der Waals surface area contributed by atoms with Crippen LogP contribution in [0.25, 0.3) is 11.3 Å². The van der Waals surface area contributed by atoms with Gasteiger partial charge in [-0.1, -0.05) is 17.7 Å². The van der Waals surface area contributed by atoms with Crippen LogP contribution in [0, 0.1) is 20.8 Å². The Balaban J connectivity index is 1.74. The van der Waals surface area contributed by atoms with E-state index in [4.69, 9.17) is 21.7 Å². The van der Waals surface area contributed by atoms with Gasteiger partial charge in [-0.15, -0.1) is 11.3 Å². The predicted molar refractivity (Wildman–Crippen MR) is 125 cm³/mol. The van der Waals surface area contributed by atoms with Crippen molar-refractivity contribution in [2.75, 3.05) is 19.5 Å². The first kappa shape index (κ1) is 21.7. The average Bonchev–Trinajstić information content (AvgIpc) is 3.08. The third kappa shape index (κ3) is 4.95. The van der Waals surface area contributed by atoms with E-state index in [0.29, 0.717) is 22.2 Å². The van der Waals surface area contributed by atoms with Crippen molar-refractivity contribution < 1.29 is 14.3 Å². The second-order valence-electron chi connectivity index (χ2n) is 6.75. The van der Waals surface area contributed by atoms with E-state index in [-0.39, 0.29) is 11.0 Å². The van der Waals surface area contributed by atoms with Crippen molar-refractivity contribution in [3.05, 3.63) is 58.0 Å². The molecule has 0 bridgehead atoms. The highest BCUT2D eigenvalue weighted by molar-refractivity contribution is 7.80. The highest BCUT2D eigenvalue weighted by Gasteiger charge is 2.15. The zero-order valence-corrected chi connectivity index (χ0v) is 19.1. The van der Waals surface area contributed by atoms with Crippen LogP contribution in [-0.4, -0.2) is 30.2 Å². The topological polar surface area (TPSA) is 72.5 Å². The summed E-state index contributed by atoms with van der Waals surface area (Å²) in [6.45, 7) is 6.14. The standard InChI is InChI=1S/C22H23N3O3S2/c1-12-6-7-13(2)18(8-12)19-14(3)30-22(23-19)25-21(29)24-20(26)15-9-16(27-4)11-17(10-15)28-5/h6-11H,1-5H3,(H2,23,24,25,26,29). The number of methoxy groups -OCH3 is 2. The molecule has 6 nitrogen and oxygen atoms in total. The molecular formula is C22H23N3O3S2. The van der Waals surface area contributed by atoms with Crippen LogP contribution in [0.2, 0.25) is 0 Å². The van der Waals surface area contributed by atoms with Crippen molar-refractivity contribution in [2.45, 2.75) is 20.8 Å². The third-order valence-electron chi connectivity index (χ3n) is 4.51. The molecule has 1 aromatic heterocycles. The number of nitrogens with one attached hydrogen (secondary N) is 2. The summed E-state index contributed by atoms with van der Waals surface area (Å²) in [6, 6.07) is 11.2. The monoisotopic (exact) mass is 441 g/mol. The molecule has 0 aliphatic heterocycles. The van der Waals surface area contributed by atoms with Gasteiger partial charge in [-0.2, -0.15) is 0 Å². The van der Waals surface area contributed by atoms with Crippen LogP contribution in [0.3, 0.4) is 0 Å². The number of carbonyl (C=O) groups excluding carboxylic acids is 1. The number of thiazole rings is 1. The van der Waals surface area contributed by atoms with Crippen LogP contribution in [0.15, 0.2) is 36.4 Å². The summed E-state index contributed by atoms with van der Waals surface area (Å²) in [4.78, 5) is 18.3. The smallest absolute Gasteiger partial charge is 0.257 e. The minimum absolute atomic E-state index is 0.169. The summed E-state index contributed by atoms with van der Waals surface area (Å²) in [5.74, 6) is 0.673. The molecule has 0 saturated carbocycles. The minimum Gasteiger partial charge on any atom is -0.497 e. The van der Waals surface area contributed by atoms with E-state index in [1.165, 1.54) is 31.1 Å². The number of aryl methyl sites for hydroxylation is 3. The van der Waals surface area contributed by atoms with Gasteiger partial charge in [-0.3, -0.25) is 10.1 Å². The van der Waals surface area contributed by atoms with Crippen molar-refractivity contribution in [3.8, 4) is 22.8 Å². The SMILES string of the molecule is COc1cc(OC)cc(C(=O)NC(=S)Nc2nc(-c3cc(C)ccc3C)c(C)s2)c1. The highest BCUT2D eigenvalue weighted by Crippen LogP contribution is 2.32. The normalized spacial score (nSPS) is 10.4. The van der Waals surface area contributed by atoms with Crippen molar-refractivity contribution in [3.63, 3.8) is 0 Å². The number of thiocarbonyl (C=S) groups is 1. The number of amides is 1. The van der Waals surface area contributed by atoms with Crippen molar-refractivity contribution in [2.24, 2.45) is 0 Å². The lowest BCUT2D eigenvalue weighted by Crippen LogP contribution is -2.34. The van der Waals surface area contributed by atoms with E-state index < -0.39 is 0 Å². The lowest BCUT2D eigenvalue weighted by atomic mass is 10.0. The Bertz CT molecular complexity index is 1090. The van der Waals surface area contributed by atoms with E-state index in [1.54, 1.807) is 18.2 Å². The molecule has 1 amide bonds. The molecule has 1 heterocycles. The number of carbonyl (C=O) groups is 1. The van der Waals surface area contributed by atoms with Gasteiger partial charge in [0.2, 0.25) is 0 Å². The largest absolute Gasteiger partial charge is 0.497 e. The molecule has 0 unspecified atom stereocenters. The van der Waals surface area contributed by atoms with Gasteiger partial charge in [0.25, 0.3) is 5.91 Å². The fraction of sp³-hybridized carbons (Fsp3) is 0.227. The van der Waals surface area contributed by atoms with Crippen molar-refractivity contribution >= 4 is 39.7 Å². The van der Waals surface area contributed by atoms with Crippen LogP contribution in [-0.2, 0) is 0 Å². The Labute approximate surface area is 185 Å². The molecule has 0 radical (unpaired) electrons. The Morgan fingerprint density at radius 1 is 1.03 bits per heavy atom. The first-order valence-corrected chi connectivity index (χ1v) is 10.4. The number of benzene rings is 2. The quantitative estimate of drug-likeness (QED) is 0.550. The van der Waals surface area contributed by atoms with Gasteiger partial charge in [0.15, 0.2) is 10.2 Å². The fourth-order valence-electron chi connectivity index (χ4n) is 2.93. The number of aromatic nitrogens is 1. The molecule has 0 spiro atoms. The molecule has 2 aromatic carbocycles. The first-order chi connectivity index (χ1) is 14.3. The van der Waals surface area contributed by atoms with E-state index >= 15 is 0 Å². The molecule has 0 aliphatic carbocycles. The molecule has 2 N–H and O–H groups in total. The van der Waals surface area contributed by atoms with Crippen LogP contribution in [0.5, 0.6) is 11.5 Å². The lowest BCUT2D eigenvalue weighted by molar-refractivity contribution is 0.0977.